The molecule has 0 unspecified atom stereocenters. The molecule has 0 aromatic heterocycles. The molecule has 0 aromatic rings. The fourth-order valence-corrected chi connectivity index (χ4v) is 0.177. The minimum Gasteiger partial charge on any atom is -0.346 e. The Labute approximate surface area is 79.3 Å². The molecule has 0 fully saturated rings. The summed E-state index contributed by atoms with van der Waals surface area (Å²) in [6.07, 6.45) is 3.23. The second kappa shape index (κ2) is 24.3. The van der Waals surface area contributed by atoms with Crippen LogP contribution in [0.15, 0.2) is 0 Å². The van der Waals surface area contributed by atoms with Crippen molar-refractivity contribution < 1.29 is 32.7 Å². The van der Waals surface area contributed by atoms with Crippen molar-refractivity contribution in [1.82, 2.24) is 0 Å². The van der Waals surface area contributed by atoms with Gasteiger partial charge in [0.2, 0.25) is 0 Å². The largest absolute Gasteiger partial charge is 3.00 e. The van der Waals surface area contributed by atoms with Gasteiger partial charge in [0.15, 0.2) is 0 Å². The SMILES string of the molecule is [CH2-]C.[CH2-]CCC[CH2-].[Y+3]. The molecule has 0 atom stereocenters. The molecule has 0 bridgehead atoms. The van der Waals surface area contributed by atoms with Crippen LogP contribution in [0.1, 0.15) is 26.2 Å². The van der Waals surface area contributed by atoms with Crippen molar-refractivity contribution in [3.63, 3.8) is 0 Å². The third kappa shape index (κ3) is 27.5. The Hall–Kier alpha value is 1.10. The van der Waals surface area contributed by atoms with Crippen LogP contribution < -0.4 is 0 Å². The monoisotopic (exact) mass is 188 g/mol. The van der Waals surface area contributed by atoms with Crippen LogP contribution in [0, 0.1) is 20.8 Å². The van der Waals surface area contributed by atoms with Crippen LogP contribution in [0.25, 0.3) is 0 Å². The van der Waals surface area contributed by atoms with Gasteiger partial charge in [-0.1, -0.05) is 0 Å². The van der Waals surface area contributed by atoms with E-state index < -0.39 is 0 Å². The molecule has 46 valence electrons. The van der Waals surface area contributed by atoms with Gasteiger partial charge in [0.25, 0.3) is 0 Å². The first-order valence-corrected chi connectivity index (χ1v) is 2.71. The predicted octanol–water partition coefficient (Wildman–Crippen LogP) is 2.66. The zero-order valence-corrected chi connectivity index (χ0v) is 8.66. The van der Waals surface area contributed by atoms with E-state index in [0.29, 0.717) is 0 Å². The first-order chi connectivity index (χ1) is 3.41. The Morgan fingerprint density at radius 3 is 1.25 bits per heavy atom. The van der Waals surface area contributed by atoms with E-state index in [1.165, 1.54) is 6.42 Å². The van der Waals surface area contributed by atoms with Crippen LogP contribution in [0.4, 0.5) is 0 Å². The number of rotatable bonds is 2. The third-order valence-electron chi connectivity index (χ3n) is 0.500. The Balaban J connectivity index is -0.0000000750. The molecule has 1 heteroatoms. The van der Waals surface area contributed by atoms with Crippen LogP contribution >= 0.6 is 0 Å². The van der Waals surface area contributed by atoms with E-state index in [1.807, 2.05) is 0 Å². The van der Waals surface area contributed by atoms with Crippen molar-refractivity contribution in [3.05, 3.63) is 20.8 Å². The average Bonchev–Trinajstić information content (AvgIpc) is 1.75. The number of hydrogen-bond donors (Lipinski definition) is 0. The summed E-state index contributed by atoms with van der Waals surface area (Å²) in [6.45, 7) is 12.3. The van der Waals surface area contributed by atoms with Gasteiger partial charge in [-0.25, -0.2) is 0 Å². The second-order valence-electron chi connectivity index (χ2n) is 1.06. The van der Waals surface area contributed by atoms with Gasteiger partial charge in [0, 0.05) is 0 Å². The van der Waals surface area contributed by atoms with Gasteiger partial charge in [-0.05, 0) is 0 Å². The van der Waals surface area contributed by atoms with Gasteiger partial charge in [-0.2, -0.15) is 19.8 Å². The summed E-state index contributed by atoms with van der Waals surface area (Å²) in [6, 6.07) is 0. The van der Waals surface area contributed by atoms with E-state index in [1.54, 1.807) is 6.92 Å². The van der Waals surface area contributed by atoms with Gasteiger partial charge in [0.05, 0.1) is 0 Å². The summed E-state index contributed by atoms with van der Waals surface area (Å²) >= 11 is 0. The first-order valence-electron chi connectivity index (χ1n) is 2.71. The van der Waals surface area contributed by atoms with E-state index in [9.17, 15) is 0 Å². The standard InChI is InChI=1S/C5H10.C2H5.Y/c1-3-5-4-2;1-2;/h1-5H2;1H2,2H3;/q-2;-1;+3. The molecule has 0 aliphatic carbocycles. The van der Waals surface area contributed by atoms with Crippen LogP contribution in [0.3, 0.4) is 0 Å². The van der Waals surface area contributed by atoms with Gasteiger partial charge < -0.3 is 20.8 Å². The predicted molar refractivity (Wildman–Crippen MR) is 35.6 cm³/mol. The minimum absolute atomic E-state index is 0. The summed E-state index contributed by atoms with van der Waals surface area (Å²) in [7, 11) is 0. The third-order valence-corrected chi connectivity index (χ3v) is 0.500. The van der Waals surface area contributed by atoms with E-state index >= 15 is 0 Å². The molecule has 0 N–H and O–H groups in total. The Morgan fingerprint density at radius 2 is 1.25 bits per heavy atom. The molecule has 0 spiro atoms. The molecule has 0 rings (SSSR count). The smallest absolute Gasteiger partial charge is 0.346 e. The molecule has 0 radical (unpaired) electrons. The molecule has 0 aliphatic rings. The van der Waals surface area contributed by atoms with Crippen LogP contribution in [0.5, 0.6) is 0 Å². The zero-order chi connectivity index (χ0) is 6.12. The van der Waals surface area contributed by atoms with Crippen LogP contribution in [0.2, 0.25) is 0 Å². The van der Waals surface area contributed by atoms with E-state index in [2.05, 4.69) is 20.8 Å². The molecule has 0 aromatic carbocycles. The molecule has 0 aliphatic heterocycles. The Kier molecular flexibility index (Phi) is 48.7. The van der Waals surface area contributed by atoms with Gasteiger partial charge in [0.1, 0.15) is 0 Å². The molecule has 8 heavy (non-hydrogen) atoms. The van der Waals surface area contributed by atoms with Gasteiger partial charge >= 0.3 is 32.7 Å². The maximum absolute atomic E-state index is 3.64. The summed E-state index contributed by atoms with van der Waals surface area (Å²) in [5, 5.41) is 0. The van der Waals surface area contributed by atoms with Gasteiger partial charge in [-0.15, -0.1) is 6.42 Å². The number of unbranched alkanes of at least 4 members (excludes halogenated alkanes) is 2. The molecule has 0 amide bonds. The molecule has 0 nitrogen and oxygen atoms in total. The fraction of sp³-hybridized carbons (Fsp3) is 0.571. The van der Waals surface area contributed by atoms with Crippen LogP contribution in [-0.2, 0) is 32.7 Å². The topological polar surface area (TPSA) is 0 Å². The molecular formula is C7H15Y. The normalized spacial score (nSPS) is 6.00. The Bertz CT molecular complexity index is 11.9. The van der Waals surface area contributed by atoms with Crippen molar-refractivity contribution in [2.45, 2.75) is 26.2 Å². The van der Waals surface area contributed by atoms with Crippen molar-refractivity contribution in [1.29, 1.82) is 0 Å². The quantitative estimate of drug-likeness (QED) is 0.584. The van der Waals surface area contributed by atoms with Crippen molar-refractivity contribution >= 4 is 0 Å². The van der Waals surface area contributed by atoms with E-state index in [4.69, 9.17) is 0 Å². The first kappa shape index (κ1) is 16.0. The zero-order valence-electron chi connectivity index (χ0n) is 5.82. The average molecular weight is 188 g/mol. The van der Waals surface area contributed by atoms with Crippen molar-refractivity contribution in [3.8, 4) is 0 Å². The summed E-state index contributed by atoms with van der Waals surface area (Å²) in [5.74, 6) is 0. The summed E-state index contributed by atoms with van der Waals surface area (Å²) < 4.78 is 0. The van der Waals surface area contributed by atoms with E-state index in [0.717, 1.165) is 12.8 Å². The van der Waals surface area contributed by atoms with Gasteiger partial charge in [-0.3, -0.25) is 0 Å². The molecule has 0 saturated carbocycles. The number of hydrogen-bond acceptors (Lipinski definition) is 0. The molecule has 0 saturated heterocycles. The molecule has 0 heterocycles. The Morgan fingerprint density at radius 1 is 1.00 bits per heavy atom. The van der Waals surface area contributed by atoms with Crippen LogP contribution in [-0.4, -0.2) is 0 Å². The van der Waals surface area contributed by atoms with Crippen molar-refractivity contribution in [2.75, 3.05) is 0 Å². The maximum atomic E-state index is 3.64. The maximum Gasteiger partial charge on any atom is 3.00 e. The van der Waals surface area contributed by atoms with E-state index in [-0.39, 0.29) is 32.7 Å². The van der Waals surface area contributed by atoms with Crippen molar-refractivity contribution in [2.24, 2.45) is 0 Å². The summed E-state index contributed by atoms with van der Waals surface area (Å²) in [5.41, 5.74) is 0. The fourth-order valence-electron chi connectivity index (χ4n) is 0.177. The summed E-state index contributed by atoms with van der Waals surface area (Å²) in [4.78, 5) is 0. The molecular weight excluding hydrogens is 173 g/mol. The minimum atomic E-state index is 0. The second-order valence-corrected chi connectivity index (χ2v) is 1.06.